The number of aryl methyl sites for hydroxylation is 2. The summed E-state index contributed by atoms with van der Waals surface area (Å²) in [5, 5.41) is 8.99. The second kappa shape index (κ2) is 13.5. The van der Waals surface area contributed by atoms with Gasteiger partial charge in [-0.15, -0.1) is 0 Å². The fourth-order valence-electron chi connectivity index (χ4n) is 5.35. The molecule has 2 rings (SSSR count). The first-order valence-corrected chi connectivity index (χ1v) is 16.5. The van der Waals surface area contributed by atoms with Crippen LogP contribution in [0.3, 0.4) is 0 Å². The van der Waals surface area contributed by atoms with Gasteiger partial charge in [0.25, 0.3) is 20.2 Å². The first-order chi connectivity index (χ1) is 19.2. The molecule has 0 aromatic heterocycles. The summed E-state index contributed by atoms with van der Waals surface area (Å²) in [6.07, 6.45) is 7.37. The lowest BCUT2D eigenvalue weighted by Gasteiger charge is -2.34. The summed E-state index contributed by atoms with van der Waals surface area (Å²) < 4.78 is 68.5. The van der Waals surface area contributed by atoms with E-state index in [0.29, 0.717) is 31.3 Å². The molecule has 10 heteroatoms. The van der Waals surface area contributed by atoms with E-state index >= 15 is 0 Å². The van der Waals surface area contributed by atoms with E-state index in [1.165, 1.54) is 18.1 Å². The molecule has 3 N–H and O–H groups in total. The Kier molecular flexibility index (Phi) is 11.3. The van der Waals surface area contributed by atoms with Crippen LogP contribution in [0.2, 0.25) is 0 Å². The first kappa shape index (κ1) is 35.1. The average molecular weight is 619 g/mol. The van der Waals surface area contributed by atoms with Crippen LogP contribution in [0.5, 0.6) is 0 Å². The van der Waals surface area contributed by atoms with Crippen molar-refractivity contribution in [3.05, 3.63) is 94.6 Å². The minimum atomic E-state index is -4.92. The Hall–Kier alpha value is -3.05. The highest BCUT2D eigenvalue weighted by Gasteiger charge is 2.36. The molecule has 230 valence electrons. The van der Waals surface area contributed by atoms with E-state index in [1.807, 2.05) is 31.2 Å². The van der Waals surface area contributed by atoms with Crippen LogP contribution in [-0.4, -0.2) is 37.0 Å². The summed E-state index contributed by atoms with van der Waals surface area (Å²) in [6, 6.07) is 10.1. The summed E-state index contributed by atoms with van der Waals surface area (Å²) in [5.41, 5.74) is 2.95. The number of hydrogen-bond acceptors (Lipinski definition) is 5. The number of hydrogen-bond donors (Lipinski definition) is 3. The van der Waals surface area contributed by atoms with Crippen molar-refractivity contribution in [3.8, 4) is 0 Å². The average Bonchev–Trinajstić information content (AvgIpc) is 2.86. The number of carboxylic acid groups (broad SMARTS) is 1. The summed E-state index contributed by atoms with van der Waals surface area (Å²) >= 11 is 0. The van der Waals surface area contributed by atoms with Gasteiger partial charge < -0.3 is 5.11 Å². The van der Waals surface area contributed by atoms with Gasteiger partial charge in [0.1, 0.15) is 0 Å². The molecule has 0 saturated carbocycles. The van der Waals surface area contributed by atoms with Crippen molar-refractivity contribution in [2.24, 2.45) is 0 Å². The molecular weight excluding hydrogens is 576 g/mol. The van der Waals surface area contributed by atoms with E-state index in [4.69, 9.17) is 5.11 Å². The summed E-state index contributed by atoms with van der Waals surface area (Å²) in [6.45, 7) is 15.9. The van der Waals surface area contributed by atoms with Crippen molar-refractivity contribution in [3.63, 3.8) is 0 Å². The van der Waals surface area contributed by atoms with Gasteiger partial charge in [-0.05, 0) is 73.6 Å². The lowest BCUT2D eigenvalue weighted by Crippen LogP contribution is -2.28. The molecule has 0 spiro atoms. The second-order valence-corrected chi connectivity index (χ2v) is 14.3. The SMILES string of the molecule is C=C(/C=C/C=C(/C)C(C)(C)c1ccccc1C)C(C)(CCCCCC(=O)O)c1c(C)cc(S(=O)(=O)O)cc1S(=O)(=O)O. The molecule has 0 aliphatic rings. The molecular formula is C32H42O8S2. The summed E-state index contributed by atoms with van der Waals surface area (Å²) in [5.74, 6) is -0.911. The smallest absolute Gasteiger partial charge is 0.303 e. The van der Waals surface area contributed by atoms with Gasteiger partial charge in [0, 0.05) is 17.3 Å². The molecule has 1 atom stereocenters. The highest BCUT2D eigenvalue weighted by molar-refractivity contribution is 7.86. The standard InChI is InChI=1S/C32H42O8S2/c1-22-14-10-11-17-27(22)31(5,6)24(3)15-13-16-25(4)32(7,19-12-8-9-18-29(33)34)30-23(2)20-26(41(35,36)37)21-28(30)42(38,39)40/h10-11,13-17,20-21H,4,8-9,12,18-19H2,1-3,5-7H3,(H,33,34)(H,35,36,37)(H,38,39,40)/b16-13+,24-15-. The monoisotopic (exact) mass is 618 g/mol. The molecule has 2 aromatic carbocycles. The van der Waals surface area contributed by atoms with Crippen molar-refractivity contribution >= 4 is 26.2 Å². The van der Waals surface area contributed by atoms with E-state index in [2.05, 4.69) is 39.5 Å². The molecule has 0 bridgehead atoms. The van der Waals surface area contributed by atoms with Crippen LogP contribution >= 0.6 is 0 Å². The van der Waals surface area contributed by atoms with Gasteiger partial charge in [-0.3, -0.25) is 13.9 Å². The van der Waals surface area contributed by atoms with Crippen LogP contribution in [0.25, 0.3) is 0 Å². The normalized spacial score (nSPS) is 14.6. The van der Waals surface area contributed by atoms with Crippen molar-refractivity contribution in [2.75, 3.05) is 0 Å². The molecule has 0 heterocycles. The largest absolute Gasteiger partial charge is 0.481 e. The van der Waals surface area contributed by atoms with E-state index in [0.717, 1.165) is 17.7 Å². The quantitative estimate of drug-likeness (QED) is 0.115. The molecule has 42 heavy (non-hydrogen) atoms. The number of rotatable bonds is 14. The van der Waals surface area contributed by atoms with Gasteiger partial charge >= 0.3 is 5.97 Å². The number of aliphatic carboxylic acids is 1. The lowest BCUT2D eigenvalue weighted by molar-refractivity contribution is -0.137. The Morgan fingerprint density at radius 1 is 0.929 bits per heavy atom. The molecule has 0 amide bonds. The van der Waals surface area contributed by atoms with Gasteiger partial charge in [0.15, 0.2) is 0 Å². The second-order valence-electron chi connectivity index (χ2n) is 11.5. The predicted molar refractivity (Wildman–Crippen MR) is 165 cm³/mol. The minimum absolute atomic E-state index is 0.00331. The molecule has 1 unspecified atom stereocenters. The van der Waals surface area contributed by atoms with E-state index in [-0.39, 0.29) is 23.0 Å². The van der Waals surface area contributed by atoms with Crippen LogP contribution in [-0.2, 0) is 35.9 Å². The summed E-state index contributed by atoms with van der Waals surface area (Å²) in [4.78, 5) is 9.67. The Morgan fingerprint density at radius 3 is 2.10 bits per heavy atom. The predicted octanol–water partition coefficient (Wildman–Crippen LogP) is 7.13. The third kappa shape index (κ3) is 8.50. The van der Waals surface area contributed by atoms with Gasteiger partial charge in [0.2, 0.25) is 0 Å². The minimum Gasteiger partial charge on any atom is -0.481 e. The topological polar surface area (TPSA) is 146 Å². The zero-order valence-corrected chi connectivity index (χ0v) is 26.8. The fraction of sp³-hybridized carbons (Fsp3) is 0.406. The Balaban J connectivity index is 2.62. The number of allylic oxidation sites excluding steroid dienone is 5. The number of benzene rings is 2. The number of carboxylic acids is 1. The number of carbonyl (C=O) groups is 1. The van der Waals surface area contributed by atoms with Crippen molar-refractivity contribution in [1.82, 2.24) is 0 Å². The highest BCUT2D eigenvalue weighted by atomic mass is 32.2. The highest BCUT2D eigenvalue weighted by Crippen LogP contribution is 2.43. The molecule has 0 aliphatic carbocycles. The number of unbranched alkanes of at least 4 members (excludes halogenated alkanes) is 2. The summed E-state index contributed by atoms with van der Waals surface area (Å²) in [7, 11) is -9.68. The molecule has 0 aliphatic heterocycles. The molecule has 2 aromatic rings. The zero-order valence-electron chi connectivity index (χ0n) is 25.1. The van der Waals surface area contributed by atoms with Crippen molar-refractivity contribution in [1.29, 1.82) is 0 Å². The molecule has 0 fully saturated rings. The zero-order chi connectivity index (χ0) is 32.1. The van der Waals surface area contributed by atoms with Crippen LogP contribution in [0.4, 0.5) is 0 Å². The molecule has 0 saturated heterocycles. The molecule has 0 radical (unpaired) electrons. The van der Waals surface area contributed by atoms with Gasteiger partial charge in [-0.2, -0.15) is 16.8 Å². The van der Waals surface area contributed by atoms with Crippen molar-refractivity contribution < 1.29 is 35.8 Å². The maximum atomic E-state index is 12.5. The maximum absolute atomic E-state index is 12.5. The fourth-order valence-corrected chi connectivity index (χ4v) is 6.93. The van der Waals surface area contributed by atoms with Gasteiger partial charge in [0.05, 0.1) is 9.79 Å². The third-order valence-electron chi connectivity index (χ3n) is 8.12. The Bertz CT molecular complexity index is 1610. The Morgan fingerprint density at radius 2 is 1.55 bits per heavy atom. The maximum Gasteiger partial charge on any atom is 0.303 e. The van der Waals surface area contributed by atoms with Crippen LogP contribution in [0.15, 0.2) is 82.1 Å². The molecule has 8 nitrogen and oxygen atoms in total. The van der Waals surface area contributed by atoms with Gasteiger partial charge in [-0.1, -0.05) is 88.3 Å². The van der Waals surface area contributed by atoms with E-state index in [1.54, 1.807) is 13.0 Å². The van der Waals surface area contributed by atoms with Gasteiger partial charge in [-0.25, -0.2) is 0 Å². The van der Waals surface area contributed by atoms with E-state index in [9.17, 15) is 30.7 Å². The lowest BCUT2D eigenvalue weighted by atomic mass is 9.71. The van der Waals surface area contributed by atoms with E-state index < -0.39 is 41.4 Å². The first-order valence-electron chi connectivity index (χ1n) is 13.7. The third-order valence-corrected chi connectivity index (χ3v) is 9.83. The van der Waals surface area contributed by atoms with Crippen molar-refractivity contribution in [2.45, 2.75) is 94.3 Å². The Labute approximate surface area is 250 Å². The van der Waals surface area contributed by atoms with Crippen LogP contribution < -0.4 is 0 Å². The van der Waals surface area contributed by atoms with Crippen LogP contribution in [0.1, 0.15) is 82.1 Å². The van der Waals surface area contributed by atoms with Crippen LogP contribution in [0, 0.1) is 13.8 Å².